The van der Waals surface area contributed by atoms with Crippen molar-refractivity contribution >= 4 is 0 Å². The molecule has 0 bridgehead atoms. The van der Waals surface area contributed by atoms with Crippen LogP contribution in [-0.4, -0.2) is 0 Å². The highest BCUT2D eigenvalue weighted by atomic mass is 19.4. The third-order valence-corrected chi connectivity index (χ3v) is 2.12. The third kappa shape index (κ3) is 2.76. The Morgan fingerprint density at radius 2 is 1.79 bits per heavy atom. The summed E-state index contributed by atoms with van der Waals surface area (Å²) >= 11 is 0. The highest BCUT2D eigenvalue weighted by Gasteiger charge is 2.32. The predicted molar refractivity (Wildman–Crippen MR) is 50.1 cm³/mol. The molecule has 0 aromatic heterocycles. The maximum Gasteiger partial charge on any atom is 0.416 e. The van der Waals surface area contributed by atoms with Crippen LogP contribution in [0.2, 0.25) is 0 Å². The molecule has 0 heterocycles. The van der Waals surface area contributed by atoms with E-state index in [0.717, 1.165) is 18.9 Å². The van der Waals surface area contributed by atoms with Crippen molar-refractivity contribution < 1.29 is 13.2 Å². The van der Waals surface area contributed by atoms with Crippen molar-refractivity contribution in [3.8, 4) is 0 Å². The maximum absolute atomic E-state index is 12.5. The van der Waals surface area contributed by atoms with Crippen molar-refractivity contribution in [3.05, 3.63) is 35.4 Å². The fourth-order valence-corrected chi connectivity index (χ4v) is 1.38. The summed E-state index contributed by atoms with van der Waals surface area (Å²) in [4.78, 5) is 0. The zero-order valence-electron chi connectivity index (χ0n) is 8.06. The highest BCUT2D eigenvalue weighted by molar-refractivity contribution is 5.29. The van der Waals surface area contributed by atoms with Crippen LogP contribution in [0.4, 0.5) is 13.2 Å². The lowest BCUT2D eigenvalue weighted by Gasteiger charge is -2.11. The van der Waals surface area contributed by atoms with Gasteiger partial charge in [0.1, 0.15) is 0 Å². The predicted octanol–water partition coefficient (Wildman–Crippen LogP) is 4.05. The number of hydrogen-bond donors (Lipinski definition) is 0. The molecule has 0 saturated heterocycles. The molecule has 3 heteroatoms. The van der Waals surface area contributed by atoms with Crippen LogP contribution < -0.4 is 0 Å². The molecule has 1 aromatic carbocycles. The largest absolute Gasteiger partial charge is 0.416 e. The number of unbranched alkanes of at least 4 members (excludes halogenated alkanes) is 1. The number of alkyl halides is 3. The fourth-order valence-electron chi connectivity index (χ4n) is 1.38. The van der Waals surface area contributed by atoms with Gasteiger partial charge in [-0.15, -0.1) is 0 Å². The van der Waals surface area contributed by atoms with Gasteiger partial charge in [-0.05, 0) is 24.5 Å². The lowest BCUT2D eigenvalue weighted by atomic mass is 10.0. The summed E-state index contributed by atoms with van der Waals surface area (Å²) in [7, 11) is 0. The molecule has 1 rings (SSSR count). The van der Waals surface area contributed by atoms with Gasteiger partial charge in [-0.2, -0.15) is 13.2 Å². The quantitative estimate of drug-likeness (QED) is 0.693. The molecule has 0 saturated carbocycles. The van der Waals surface area contributed by atoms with E-state index in [1.807, 2.05) is 6.92 Å². The molecule has 1 aromatic rings. The molecule has 0 atom stereocenters. The maximum atomic E-state index is 12.5. The van der Waals surface area contributed by atoms with Gasteiger partial charge in [0.05, 0.1) is 5.56 Å². The normalized spacial score (nSPS) is 11.7. The van der Waals surface area contributed by atoms with Crippen molar-refractivity contribution in [2.75, 3.05) is 0 Å². The van der Waals surface area contributed by atoms with Gasteiger partial charge in [0, 0.05) is 0 Å². The molecule has 0 N–H and O–H groups in total. The summed E-state index contributed by atoms with van der Waals surface area (Å²) in [5, 5.41) is 0. The molecule has 0 spiro atoms. The van der Waals surface area contributed by atoms with E-state index in [9.17, 15) is 13.2 Å². The number of rotatable bonds is 3. The number of aryl methyl sites for hydroxylation is 1. The summed E-state index contributed by atoms with van der Waals surface area (Å²) in [5.74, 6) is 0. The van der Waals surface area contributed by atoms with E-state index in [-0.39, 0.29) is 0 Å². The Labute approximate surface area is 81.8 Å². The molecule has 0 fully saturated rings. The van der Waals surface area contributed by atoms with Crippen molar-refractivity contribution in [1.82, 2.24) is 0 Å². The van der Waals surface area contributed by atoms with Gasteiger partial charge in [-0.1, -0.05) is 31.5 Å². The minimum absolute atomic E-state index is 0.404. The standard InChI is InChI=1S/C11H13F3/c1-2-3-6-9-7-4-5-8-10(9)11(12,13)14/h4-5,7-8H,2-3,6H2,1H3. The summed E-state index contributed by atoms with van der Waals surface area (Å²) in [5.41, 5.74) is -0.0877. The molecular formula is C11H13F3. The Hall–Kier alpha value is -0.990. The Morgan fingerprint density at radius 1 is 1.14 bits per heavy atom. The molecule has 0 aliphatic heterocycles. The third-order valence-electron chi connectivity index (χ3n) is 2.12. The Balaban J connectivity index is 2.92. The zero-order chi connectivity index (χ0) is 10.6. The van der Waals surface area contributed by atoms with Gasteiger partial charge in [-0.25, -0.2) is 0 Å². The molecule has 0 aliphatic rings. The van der Waals surface area contributed by atoms with E-state index in [4.69, 9.17) is 0 Å². The smallest absolute Gasteiger partial charge is 0.166 e. The van der Waals surface area contributed by atoms with Gasteiger partial charge in [0.15, 0.2) is 0 Å². The lowest BCUT2D eigenvalue weighted by molar-refractivity contribution is -0.138. The monoisotopic (exact) mass is 202 g/mol. The Bertz CT molecular complexity index is 289. The highest BCUT2D eigenvalue weighted by Crippen LogP contribution is 2.32. The second-order valence-corrected chi connectivity index (χ2v) is 3.26. The van der Waals surface area contributed by atoms with Gasteiger partial charge in [-0.3, -0.25) is 0 Å². The van der Waals surface area contributed by atoms with Gasteiger partial charge in [0.2, 0.25) is 0 Å². The van der Waals surface area contributed by atoms with Crippen molar-refractivity contribution in [1.29, 1.82) is 0 Å². The van der Waals surface area contributed by atoms with E-state index in [2.05, 4.69) is 0 Å². The number of benzene rings is 1. The number of hydrogen-bond acceptors (Lipinski definition) is 0. The first-order valence-corrected chi connectivity index (χ1v) is 4.70. The SMILES string of the molecule is CCCCc1ccccc1C(F)(F)F. The van der Waals surface area contributed by atoms with Crippen LogP contribution in [-0.2, 0) is 12.6 Å². The molecule has 0 radical (unpaired) electrons. The molecule has 0 unspecified atom stereocenters. The van der Waals surface area contributed by atoms with E-state index in [1.54, 1.807) is 12.1 Å². The van der Waals surface area contributed by atoms with Crippen LogP contribution in [0.25, 0.3) is 0 Å². The van der Waals surface area contributed by atoms with E-state index in [0.29, 0.717) is 12.0 Å². The molecule has 0 amide bonds. The average molecular weight is 202 g/mol. The van der Waals surface area contributed by atoms with Crippen molar-refractivity contribution in [2.45, 2.75) is 32.4 Å². The van der Waals surface area contributed by atoms with E-state index in [1.165, 1.54) is 6.07 Å². The first-order chi connectivity index (χ1) is 6.55. The van der Waals surface area contributed by atoms with Crippen LogP contribution in [0.1, 0.15) is 30.9 Å². The van der Waals surface area contributed by atoms with Crippen molar-refractivity contribution in [3.63, 3.8) is 0 Å². The molecule has 0 aliphatic carbocycles. The van der Waals surface area contributed by atoms with Crippen LogP contribution in [0.15, 0.2) is 24.3 Å². The van der Waals surface area contributed by atoms with E-state index >= 15 is 0 Å². The van der Waals surface area contributed by atoms with Crippen LogP contribution in [0, 0.1) is 0 Å². The average Bonchev–Trinajstić information content (AvgIpc) is 2.14. The Kier molecular flexibility index (Phi) is 3.55. The van der Waals surface area contributed by atoms with E-state index < -0.39 is 11.7 Å². The summed E-state index contributed by atoms with van der Waals surface area (Å²) < 4.78 is 37.4. The first kappa shape index (κ1) is 11.1. The van der Waals surface area contributed by atoms with Crippen LogP contribution in [0.5, 0.6) is 0 Å². The first-order valence-electron chi connectivity index (χ1n) is 4.70. The lowest BCUT2D eigenvalue weighted by Crippen LogP contribution is -2.08. The second kappa shape index (κ2) is 4.49. The molecule has 78 valence electrons. The summed E-state index contributed by atoms with van der Waals surface area (Å²) in [6.07, 6.45) is -2.00. The van der Waals surface area contributed by atoms with Crippen LogP contribution in [0.3, 0.4) is 0 Å². The zero-order valence-corrected chi connectivity index (χ0v) is 8.06. The van der Waals surface area contributed by atoms with Gasteiger partial charge in [0.25, 0.3) is 0 Å². The summed E-state index contributed by atoms with van der Waals surface area (Å²) in [6, 6.07) is 5.78. The minimum Gasteiger partial charge on any atom is -0.166 e. The number of halogens is 3. The van der Waals surface area contributed by atoms with Crippen LogP contribution >= 0.6 is 0 Å². The molecular weight excluding hydrogens is 189 g/mol. The fraction of sp³-hybridized carbons (Fsp3) is 0.455. The van der Waals surface area contributed by atoms with Gasteiger partial charge < -0.3 is 0 Å². The minimum atomic E-state index is -4.22. The van der Waals surface area contributed by atoms with Gasteiger partial charge >= 0.3 is 6.18 Å². The Morgan fingerprint density at radius 3 is 2.36 bits per heavy atom. The topological polar surface area (TPSA) is 0 Å². The molecule has 14 heavy (non-hydrogen) atoms. The van der Waals surface area contributed by atoms with Crippen molar-refractivity contribution in [2.24, 2.45) is 0 Å². The molecule has 0 nitrogen and oxygen atoms in total. The second-order valence-electron chi connectivity index (χ2n) is 3.26. The summed E-state index contributed by atoms with van der Waals surface area (Å²) in [6.45, 7) is 1.97.